The first-order valence-electron chi connectivity index (χ1n) is 7.15. The predicted octanol–water partition coefficient (Wildman–Crippen LogP) is 1.98. The summed E-state index contributed by atoms with van der Waals surface area (Å²) < 4.78 is 49.7. The second-order valence-electron chi connectivity index (χ2n) is 5.13. The SMILES string of the molecule is COc1cc(OC)nc(C(O)c2cc(C)c[c-]c2NS(=O)(=S)C(F)F)n1.[Y]. The first-order chi connectivity index (χ1) is 12.2. The first-order valence-corrected chi connectivity index (χ1v) is 9.69. The quantitative estimate of drug-likeness (QED) is 0.570. The van der Waals surface area contributed by atoms with Crippen LogP contribution in [-0.2, 0) is 52.6 Å². The Morgan fingerprint density at radius 2 is 1.81 bits per heavy atom. The number of benzene rings is 1. The zero-order chi connectivity index (χ0) is 19.5. The van der Waals surface area contributed by atoms with Crippen LogP contribution in [0.4, 0.5) is 14.5 Å². The van der Waals surface area contributed by atoms with Gasteiger partial charge in [-0.25, -0.2) is 4.21 Å². The topological polar surface area (TPSA) is 93.6 Å². The molecule has 0 aliphatic heterocycles. The summed E-state index contributed by atoms with van der Waals surface area (Å²) >= 11 is 4.42. The third-order valence-corrected chi connectivity index (χ3v) is 4.89. The molecule has 0 amide bonds. The Bertz CT molecular complexity index is 878. The third-order valence-electron chi connectivity index (χ3n) is 3.25. The fourth-order valence-corrected chi connectivity index (χ4v) is 2.81. The number of methoxy groups -OCH3 is 2. The van der Waals surface area contributed by atoms with Crippen molar-refractivity contribution in [2.24, 2.45) is 0 Å². The number of alkyl halides is 2. The number of aliphatic hydroxyl groups is 1. The number of aromatic nitrogens is 2. The minimum Gasteiger partial charge on any atom is -0.481 e. The number of nitrogens with zero attached hydrogens (tertiary/aromatic N) is 2. The van der Waals surface area contributed by atoms with Gasteiger partial charge in [0.05, 0.1) is 26.4 Å². The average Bonchev–Trinajstić information content (AvgIpc) is 2.61. The van der Waals surface area contributed by atoms with Gasteiger partial charge in [-0.1, -0.05) is 18.2 Å². The summed E-state index contributed by atoms with van der Waals surface area (Å²) in [4.78, 5) is 8.06. The number of nitrogens with one attached hydrogen (secondary N) is 1. The molecule has 1 aromatic carbocycles. The van der Waals surface area contributed by atoms with E-state index in [1.54, 1.807) is 6.92 Å². The van der Waals surface area contributed by atoms with E-state index in [-0.39, 0.29) is 61.5 Å². The van der Waals surface area contributed by atoms with Crippen molar-refractivity contribution < 1.29 is 60.3 Å². The molecule has 1 aromatic heterocycles. The molecule has 1 heterocycles. The molecule has 7 nitrogen and oxygen atoms in total. The van der Waals surface area contributed by atoms with E-state index in [1.807, 2.05) is 0 Å². The summed E-state index contributed by atoms with van der Waals surface area (Å²) in [5.74, 6) is -3.10. The predicted molar refractivity (Wildman–Crippen MR) is 94.3 cm³/mol. The van der Waals surface area contributed by atoms with Crippen molar-refractivity contribution in [3.05, 3.63) is 41.2 Å². The van der Waals surface area contributed by atoms with Crippen LogP contribution in [-0.4, -0.2) is 39.3 Å². The van der Waals surface area contributed by atoms with E-state index in [2.05, 4.69) is 31.9 Å². The summed E-state index contributed by atoms with van der Waals surface area (Å²) in [6.45, 7) is 1.71. The normalized spacial score (nSPS) is 14.0. The molecule has 2 aromatic rings. The van der Waals surface area contributed by atoms with Crippen LogP contribution < -0.4 is 14.2 Å². The number of anilines is 1. The maximum atomic E-state index is 12.9. The Morgan fingerprint density at radius 3 is 2.30 bits per heavy atom. The Kier molecular flexibility index (Phi) is 8.87. The van der Waals surface area contributed by atoms with Crippen molar-refractivity contribution in [3.63, 3.8) is 0 Å². The number of aliphatic hydroxyl groups excluding tert-OH is 1. The molecule has 27 heavy (non-hydrogen) atoms. The fraction of sp³-hybridized carbons (Fsp3) is 0.333. The van der Waals surface area contributed by atoms with Crippen LogP contribution in [0.3, 0.4) is 0 Å². The van der Waals surface area contributed by atoms with Crippen molar-refractivity contribution in [3.8, 4) is 11.8 Å². The molecule has 2 rings (SSSR count). The van der Waals surface area contributed by atoms with E-state index >= 15 is 0 Å². The van der Waals surface area contributed by atoms with Gasteiger partial charge >= 0.3 is 5.76 Å². The molecule has 2 unspecified atom stereocenters. The molecule has 0 aliphatic carbocycles. The van der Waals surface area contributed by atoms with Crippen LogP contribution in [0.5, 0.6) is 11.8 Å². The molecule has 12 heteroatoms. The van der Waals surface area contributed by atoms with Gasteiger partial charge in [0.1, 0.15) is 0 Å². The van der Waals surface area contributed by atoms with E-state index in [4.69, 9.17) is 9.47 Å². The molecular formula is C15H16F2N3O4S2Y-. The van der Waals surface area contributed by atoms with Crippen LogP contribution in [0, 0.1) is 13.0 Å². The zero-order valence-corrected chi connectivity index (χ0v) is 19.1. The Labute approximate surface area is 185 Å². The van der Waals surface area contributed by atoms with Crippen molar-refractivity contribution in [2.75, 3.05) is 18.9 Å². The Morgan fingerprint density at radius 1 is 1.26 bits per heavy atom. The molecule has 145 valence electrons. The minimum atomic E-state index is -4.11. The number of ether oxygens (including phenoxy) is 2. The second kappa shape index (κ2) is 9.97. The number of halogens is 2. The zero-order valence-electron chi connectivity index (χ0n) is 14.6. The van der Waals surface area contributed by atoms with Crippen molar-refractivity contribution in [2.45, 2.75) is 18.8 Å². The third kappa shape index (κ3) is 5.98. The van der Waals surface area contributed by atoms with Crippen molar-refractivity contribution >= 4 is 25.6 Å². The van der Waals surface area contributed by atoms with Gasteiger partial charge in [0.2, 0.25) is 11.8 Å². The number of rotatable bonds is 7. The largest absolute Gasteiger partial charge is 0.481 e. The standard InChI is InChI=1S/C15H16F2N3O4S2.Y/c1-8-4-5-10(20-26(22,25)15(16)17)9(6-8)13(21)14-18-11(23-2)7-12(19-14)24-3;/h4,6-7,13,15,20-21H,1-3H3;/q-1;. The van der Waals surface area contributed by atoms with Gasteiger partial charge in [0.15, 0.2) is 14.5 Å². The second-order valence-corrected chi connectivity index (χ2v) is 8.26. The summed E-state index contributed by atoms with van der Waals surface area (Å²) in [5, 5.41) is 10.7. The van der Waals surface area contributed by atoms with Gasteiger partial charge in [0.25, 0.3) is 0 Å². The molecule has 2 atom stereocenters. The maximum Gasteiger partial charge on any atom is 0.330 e. The van der Waals surface area contributed by atoms with Crippen LogP contribution in [0.1, 0.15) is 23.1 Å². The summed E-state index contributed by atoms with van der Waals surface area (Å²) in [7, 11) is -1.36. The van der Waals surface area contributed by atoms with Gasteiger partial charge in [-0.15, -0.1) is 0 Å². The molecule has 0 spiro atoms. The van der Waals surface area contributed by atoms with E-state index < -0.39 is 20.5 Å². The number of hydrogen-bond acceptors (Lipinski definition) is 7. The van der Waals surface area contributed by atoms with Gasteiger partial charge in [-0.2, -0.15) is 42.5 Å². The van der Waals surface area contributed by atoms with Crippen LogP contribution >= 0.6 is 0 Å². The molecule has 0 bridgehead atoms. The summed E-state index contributed by atoms with van der Waals surface area (Å²) in [5.41, 5.74) is 0.625. The Balaban J connectivity index is 0.00000364. The van der Waals surface area contributed by atoms with Crippen molar-refractivity contribution in [1.82, 2.24) is 9.97 Å². The van der Waals surface area contributed by atoms with Gasteiger partial charge in [0, 0.05) is 43.9 Å². The molecular weight excluding hydrogens is 477 g/mol. The van der Waals surface area contributed by atoms with E-state index in [9.17, 15) is 18.1 Å². The molecule has 0 aliphatic rings. The number of hydrogen-bond donors (Lipinski definition) is 2. The number of aryl methyl sites for hydroxylation is 1. The van der Waals surface area contributed by atoms with E-state index in [0.29, 0.717) is 5.56 Å². The molecule has 1 radical (unpaired) electrons. The van der Waals surface area contributed by atoms with Gasteiger partial charge in [-0.05, 0) is 0 Å². The van der Waals surface area contributed by atoms with E-state index in [0.717, 1.165) is 0 Å². The van der Waals surface area contributed by atoms with Crippen LogP contribution in [0.15, 0.2) is 18.2 Å². The fourth-order valence-electron chi connectivity index (χ4n) is 2.01. The van der Waals surface area contributed by atoms with Gasteiger partial charge < -0.3 is 19.3 Å². The molecule has 0 saturated heterocycles. The average molecular weight is 493 g/mol. The van der Waals surface area contributed by atoms with Crippen molar-refractivity contribution in [1.29, 1.82) is 0 Å². The smallest absolute Gasteiger partial charge is 0.330 e. The summed E-state index contributed by atoms with van der Waals surface area (Å²) in [6, 6.07) is 7.03. The monoisotopic (exact) mass is 493 g/mol. The molecule has 0 saturated carbocycles. The van der Waals surface area contributed by atoms with E-state index in [1.165, 1.54) is 32.4 Å². The Hall–Kier alpha value is -1.01. The van der Waals surface area contributed by atoms with Crippen LogP contribution in [0.25, 0.3) is 0 Å². The first kappa shape index (κ1) is 24.0. The van der Waals surface area contributed by atoms with Gasteiger partial charge in [-0.3, -0.25) is 0 Å². The maximum absolute atomic E-state index is 12.9. The summed E-state index contributed by atoms with van der Waals surface area (Å²) in [6.07, 6.45) is -1.46. The molecule has 0 fully saturated rings. The minimum absolute atomic E-state index is 0. The molecule has 2 N–H and O–H groups in total. The van der Waals surface area contributed by atoms with Crippen LogP contribution in [0.2, 0.25) is 0 Å².